The van der Waals surface area contributed by atoms with Crippen LogP contribution in [0.25, 0.3) is 0 Å². The van der Waals surface area contributed by atoms with Crippen molar-refractivity contribution >= 4 is 23.5 Å². The molecule has 0 fully saturated rings. The van der Waals surface area contributed by atoms with Crippen molar-refractivity contribution in [2.45, 2.75) is 0 Å². The number of benzene rings is 2. The van der Waals surface area contributed by atoms with E-state index in [1.165, 1.54) is 49.6 Å². The Bertz CT molecular complexity index is 801. The van der Waals surface area contributed by atoms with Gasteiger partial charge in [0.2, 0.25) is 5.91 Å². The van der Waals surface area contributed by atoms with E-state index < -0.39 is 24.4 Å². The summed E-state index contributed by atoms with van der Waals surface area (Å²) in [7, 11) is 1.35. The average Bonchev–Trinajstić information content (AvgIpc) is 2.60. The molecule has 4 N–H and O–H groups in total. The van der Waals surface area contributed by atoms with Crippen molar-refractivity contribution in [3.63, 3.8) is 0 Å². The monoisotopic (exact) mass is 344 g/mol. The summed E-state index contributed by atoms with van der Waals surface area (Å²) in [6, 6.07) is 10.2. The minimum atomic E-state index is -0.865. The molecule has 0 saturated carbocycles. The molecule has 0 spiro atoms. The minimum Gasteiger partial charge on any atom is -0.504 e. The van der Waals surface area contributed by atoms with Gasteiger partial charge in [0.1, 0.15) is 5.56 Å². The summed E-state index contributed by atoms with van der Waals surface area (Å²) in [6.07, 6.45) is 0. The van der Waals surface area contributed by atoms with E-state index in [9.17, 15) is 19.5 Å². The molecule has 0 saturated heterocycles. The fraction of sp³-hybridized carbons (Fsp3) is 0.118. The van der Waals surface area contributed by atoms with Gasteiger partial charge in [-0.15, -0.1) is 0 Å². The van der Waals surface area contributed by atoms with E-state index in [4.69, 9.17) is 15.2 Å². The molecule has 0 aliphatic carbocycles. The first-order valence-corrected chi connectivity index (χ1v) is 7.15. The van der Waals surface area contributed by atoms with Gasteiger partial charge < -0.3 is 25.6 Å². The van der Waals surface area contributed by atoms with Gasteiger partial charge in [0.05, 0.1) is 7.11 Å². The zero-order valence-corrected chi connectivity index (χ0v) is 13.3. The van der Waals surface area contributed by atoms with E-state index in [1.54, 1.807) is 0 Å². The molecule has 0 aromatic heterocycles. The Kier molecular flexibility index (Phi) is 5.57. The summed E-state index contributed by atoms with van der Waals surface area (Å²) in [6.45, 7) is -0.549. The Morgan fingerprint density at radius 2 is 1.80 bits per heavy atom. The van der Waals surface area contributed by atoms with Crippen LogP contribution in [0.5, 0.6) is 11.5 Å². The van der Waals surface area contributed by atoms with Gasteiger partial charge in [-0.2, -0.15) is 0 Å². The lowest BCUT2D eigenvalue weighted by Gasteiger charge is -2.09. The number of esters is 1. The fourth-order valence-corrected chi connectivity index (χ4v) is 1.98. The molecule has 0 heterocycles. The molecule has 0 aliphatic heterocycles. The smallest absolute Gasteiger partial charge is 0.342 e. The van der Waals surface area contributed by atoms with Crippen LogP contribution in [0.4, 0.5) is 5.69 Å². The van der Waals surface area contributed by atoms with E-state index in [0.29, 0.717) is 11.3 Å². The predicted molar refractivity (Wildman–Crippen MR) is 88.5 cm³/mol. The number of anilines is 1. The number of methoxy groups -OCH3 is 1. The molecule has 0 unspecified atom stereocenters. The van der Waals surface area contributed by atoms with Crippen molar-refractivity contribution in [1.29, 1.82) is 0 Å². The molecule has 2 amide bonds. The summed E-state index contributed by atoms with van der Waals surface area (Å²) in [5.41, 5.74) is 5.72. The van der Waals surface area contributed by atoms with Gasteiger partial charge >= 0.3 is 5.97 Å². The maximum atomic E-state index is 11.9. The maximum absolute atomic E-state index is 11.9. The van der Waals surface area contributed by atoms with Crippen molar-refractivity contribution in [3.8, 4) is 11.5 Å². The first-order chi connectivity index (χ1) is 11.9. The van der Waals surface area contributed by atoms with E-state index in [0.717, 1.165) is 0 Å². The standard InChI is InChI=1S/C17H16N2O6/c1-24-13-4-2-3-12(15(13)21)17(23)25-9-14(20)19-11-7-5-10(6-8-11)16(18)22/h2-8,21H,9H2,1H3,(H2,18,22)(H,19,20). The van der Waals surface area contributed by atoms with E-state index in [2.05, 4.69) is 5.32 Å². The number of phenols is 1. The molecule has 25 heavy (non-hydrogen) atoms. The molecule has 8 heteroatoms. The van der Waals surface area contributed by atoms with Gasteiger partial charge in [0.25, 0.3) is 5.91 Å². The van der Waals surface area contributed by atoms with Crippen LogP contribution in [0, 0.1) is 0 Å². The second-order valence-corrected chi connectivity index (χ2v) is 4.92. The molecule has 0 aliphatic rings. The van der Waals surface area contributed by atoms with Gasteiger partial charge in [-0.1, -0.05) is 6.07 Å². The number of carbonyl (C=O) groups excluding carboxylic acids is 3. The Morgan fingerprint density at radius 1 is 1.12 bits per heavy atom. The Hall–Kier alpha value is -3.55. The number of rotatable bonds is 6. The Balaban J connectivity index is 1.93. The first-order valence-electron chi connectivity index (χ1n) is 7.15. The summed E-state index contributed by atoms with van der Waals surface area (Å²) in [4.78, 5) is 34.7. The number of para-hydroxylation sites is 1. The largest absolute Gasteiger partial charge is 0.504 e. The third kappa shape index (κ3) is 4.47. The van der Waals surface area contributed by atoms with Crippen LogP contribution in [-0.2, 0) is 9.53 Å². The van der Waals surface area contributed by atoms with Gasteiger partial charge in [0.15, 0.2) is 18.1 Å². The van der Waals surface area contributed by atoms with Crippen molar-refractivity contribution in [2.24, 2.45) is 5.73 Å². The highest BCUT2D eigenvalue weighted by molar-refractivity contribution is 5.98. The van der Waals surface area contributed by atoms with Crippen LogP contribution >= 0.6 is 0 Å². The van der Waals surface area contributed by atoms with Crippen molar-refractivity contribution in [3.05, 3.63) is 53.6 Å². The molecular weight excluding hydrogens is 328 g/mol. The molecule has 0 bridgehead atoms. The van der Waals surface area contributed by atoms with Crippen LogP contribution in [0.1, 0.15) is 20.7 Å². The first kappa shape index (κ1) is 17.8. The second-order valence-electron chi connectivity index (χ2n) is 4.92. The maximum Gasteiger partial charge on any atom is 0.342 e. The molecule has 0 atom stereocenters. The van der Waals surface area contributed by atoms with Gasteiger partial charge in [-0.25, -0.2) is 4.79 Å². The van der Waals surface area contributed by atoms with Crippen LogP contribution in [0.2, 0.25) is 0 Å². The van der Waals surface area contributed by atoms with E-state index in [1.807, 2.05) is 0 Å². The van der Waals surface area contributed by atoms with E-state index in [-0.39, 0.29) is 17.1 Å². The molecule has 130 valence electrons. The van der Waals surface area contributed by atoms with Crippen molar-refractivity contribution < 1.29 is 29.0 Å². The molecule has 2 aromatic carbocycles. The van der Waals surface area contributed by atoms with Gasteiger partial charge in [-0.3, -0.25) is 9.59 Å². The van der Waals surface area contributed by atoms with Gasteiger partial charge in [-0.05, 0) is 36.4 Å². The second kappa shape index (κ2) is 7.82. The highest BCUT2D eigenvalue weighted by Crippen LogP contribution is 2.29. The number of carbonyl (C=O) groups is 3. The average molecular weight is 344 g/mol. The quantitative estimate of drug-likeness (QED) is 0.678. The molecule has 8 nitrogen and oxygen atoms in total. The number of amides is 2. The lowest BCUT2D eigenvalue weighted by molar-refractivity contribution is -0.119. The van der Waals surface area contributed by atoms with Gasteiger partial charge in [0, 0.05) is 11.3 Å². The SMILES string of the molecule is COc1cccc(C(=O)OCC(=O)Nc2ccc(C(N)=O)cc2)c1O. The van der Waals surface area contributed by atoms with Crippen LogP contribution in [-0.4, -0.2) is 36.6 Å². The molecule has 2 rings (SSSR count). The Labute approximate surface area is 143 Å². The van der Waals surface area contributed by atoms with Crippen LogP contribution in [0.15, 0.2) is 42.5 Å². The summed E-state index contributed by atoms with van der Waals surface area (Å²) in [5.74, 6) is -2.27. The summed E-state index contributed by atoms with van der Waals surface area (Å²) >= 11 is 0. The fourth-order valence-electron chi connectivity index (χ4n) is 1.98. The predicted octanol–water partition coefficient (Wildman–Crippen LogP) is 1.30. The number of ether oxygens (including phenoxy) is 2. The highest BCUT2D eigenvalue weighted by Gasteiger charge is 2.17. The molecular formula is C17H16N2O6. The van der Waals surface area contributed by atoms with Crippen LogP contribution < -0.4 is 15.8 Å². The van der Waals surface area contributed by atoms with Crippen LogP contribution in [0.3, 0.4) is 0 Å². The molecule has 0 radical (unpaired) electrons. The Morgan fingerprint density at radius 3 is 2.40 bits per heavy atom. The lowest BCUT2D eigenvalue weighted by atomic mass is 10.2. The van der Waals surface area contributed by atoms with Crippen molar-refractivity contribution in [1.82, 2.24) is 0 Å². The van der Waals surface area contributed by atoms with E-state index >= 15 is 0 Å². The van der Waals surface area contributed by atoms with Crippen molar-refractivity contribution in [2.75, 3.05) is 19.0 Å². The number of nitrogens with two attached hydrogens (primary N) is 1. The zero-order chi connectivity index (χ0) is 18.4. The summed E-state index contributed by atoms with van der Waals surface area (Å²) in [5, 5.41) is 12.4. The number of nitrogens with one attached hydrogen (secondary N) is 1. The number of phenolic OH excluding ortho intramolecular Hbond substituents is 1. The highest BCUT2D eigenvalue weighted by atomic mass is 16.5. The summed E-state index contributed by atoms with van der Waals surface area (Å²) < 4.78 is 9.76. The minimum absolute atomic E-state index is 0.113. The number of hydrogen-bond donors (Lipinski definition) is 3. The zero-order valence-electron chi connectivity index (χ0n) is 13.3. The number of aromatic hydroxyl groups is 1. The third-order valence-corrected chi connectivity index (χ3v) is 3.23. The topological polar surface area (TPSA) is 128 Å². The molecule has 2 aromatic rings. The lowest BCUT2D eigenvalue weighted by Crippen LogP contribution is -2.21. The number of primary amides is 1. The third-order valence-electron chi connectivity index (χ3n) is 3.23. The normalized spacial score (nSPS) is 9.96. The number of hydrogen-bond acceptors (Lipinski definition) is 6.